The van der Waals surface area contributed by atoms with Crippen molar-refractivity contribution >= 4 is 0 Å². The predicted molar refractivity (Wildman–Crippen MR) is 61.4 cm³/mol. The standard InChI is InChI=1S/C11H24N2O/c1-4-7-13(9-10-14-3)8-6-11(12)5-2/h4,11H,1,5-10,12H2,2-3H3. The van der Waals surface area contributed by atoms with Crippen LogP contribution in [0.4, 0.5) is 0 Å². The lowest BCUT2D eigenvalue weighted by Crippen LogP contribution is -2.32. The summed E-state index contributed by atoms with van der Waals surface area (Å²) in [6.07, 6.45) is 4.02. The second-order valence-electron chi connectivity index (χ2n) is 3.54. The van der Waals surface area contributed by atoms with Gasteiger partial charge in [-0.25, -0.2) is 0 Å². The molecule has 0 spiro atoms. The molecule has 0 rings (SSSR count). The predicted octanol–water partition coefficient (Wildman–Crippen LogP) is 1.25. The van der Waals surface area contributed by atoms with Gasteiger partial charge in [-0.2, -0.15) is 0 Å². The molecule has 0 aromatic rings. The third-order valence-corrected chi connectivity index (χ3v) is 2.34. The molecular weight excluding hydrogens is 176 g/mol. The summed E-state index contributed by atoms with van der Waals surface area (Å²) in [5.41, 5.74) is 5.86. The van der Waals surface area contributed by atoms with E-state index < -0.39 is 0 Å². The fourth-order valence-corrected chi connectivity index (χ4v) is 1.25. The SMILES string of the molecule is C=CCN(CCOC)CCC(N)CC. The second-order valence-corrected chi connectivity index (χ2v) is 3.54. The first kappa shape index (κ1) is 13.6. The maximum Gasteiger partial charge on any atom is 0.0589 e. The lowest BCUT2D eigenvalue weighted by molar-refractivity contribution is 0.152. The number of nitrogens with two attached hydrogens (primary N) is 1. The Bertz CT molecular complexity index is 139. The third kappa shape index (κ3) is 7.06. The van der Waals surface area contributed by atoms with E-state index in [1.165, 1.54) is 0 Å². The monoisotopic (exact) mass is 200 g/mol. The van der Waals surface area contributed by atoms with Crippen LogP contribution < -0.4 is 5.73 Å². The van der Waals surface area contributed by atoms with Crippen molar-refractivity contribution in [3.05, 3.63) is 12.7 Å². The molecule has 3 nitrogen and oxygen atoms in total. The summed E-state index contributed by atoms with van der Waals surface area (Å²) in [7, 11) is 1.73. The van der Waals surface area contributed by atoms with E-state index in [4.69, 9.17) is 10.5 Å². The molecule has 0 amide bonds. The van der Waals surface area contributed by atoms with Gasteiger partial charge in [0.2, 0.25) is 0 Å². The molecule has 84 valence electrons. The number of nitrogens with zero attached hydrogens (tertiary/aromatic N) is 1. The lowest BCUT2D eigenvalue weighted by Gasteiger charge is -2.21. The van der Waals surface area contributed by atoms with Gasteiger partial charge in [0.05, 0.1) is 6.61 Å². The Kier molecular flexibility index (Phi) is 8.94. The van der Waals surface area contributed by atoms with Gasteiger partial charge >= 0.3 is 0 Å². The molecule has 0 fully saturated rings. The highest BCUT2D eigenvalue weighted by Crippen LogP contribution is 1.98. The summed E-state index contributed by atoms with van der Waals surface area (Å²) in [6.45, 7) is 9.54. The molecule has 2 N–H and O–H groups in total. The van der Waals surface area contributed by atoms with E-state index in [0.717, 1.165) is 39.1 Å². The summed E-state index contributed by atoms with van der Waals surface area (Å²) in [6, 6.07) is 0.324. The van der Waals surface area contributed by atoms with Crippen LogP contribution in [0.15, 0.2) is 12.7 Å². The Morgan fingerprint density at radius 3 is 2.71 bits per heavy atom. The zero-order chi connectivity index (χ0) is 10.8. The van der Waals surface area contributed by atoms with Gasteiger partial charge in [0.25, 0.3) is 0 Å². The van der Waals surface area contributed by atoms with Crippen LogP contribution in [0.25, 0.3) is 0 Å². The first-order chi connectivity index (χ1) is 6.74. The maximum absolute atomic E-state index is 5.86. The summed E-state index contributed by atoms with van der Waals surface area (Å²) in [4.78, 5) is 2.31. The van der Waals surface area contributed by atoms with Crippen molar-refractivity contribution in [2.24, 2.45) is 5.73 Å². The number of methoxy groups -OCH3 is 1. The van der Waals surface area contributed by atoms with Gasteiger partial charge in [-0.15, -0.1) is 6.58 Å². The van der Waals surface area contributed by atoms with E-state index in [0.29, 0.717) is 6.04 Å². The van der Waals surface area contributed by atoms with Gasteiger partial charge in [0.15, 0.2) is 0 Å². The van der Waals surface area contributed by atoms with Gasteiger partial charge < -0.3 is 10.5 Å². The Morgan fingerprint density at radius 1 is 1.50 bits per heavy atom. The second kappa shape index (κ2) is 9.19. The topological polar surface area (TPSA) is 38.5 Å². The highest BCUT2D eigenvalue weighted by Gasteiger charge is 2.05. The van der Waals surface area contributed by atoms with Crippen molar-refractivity contribution in [3.8, 4) is 0 Å². The summed E-state index contributed by atoms with van der Waals surface area (Å²) in [5, 5.41) is 0. The minimum atomic E-state index is 0.324. The first-order valence-corrected chi connectivity index (χ1v) is 5.32. The van der Waals surface area contributed by atoms with E-state index in [9.17, 15) is 0 Å². The number of ether oxygens (including phenoxy) is 1. The quantitative estimate of drug-likeness (QED) is 0.569. The molecule has 0 aliphatic heterocycles. The average molecular weight is 200 g/mol. The van der Waals surface area contributed by atoms with E-state index in [2.05, 4.69) is 18.4 Å². The average Bonchev–Trinajstić information content (AvgIpc) is 2.21. The van der Waals surface area contributed by atoms with Crippen molar-refractivity contribution in [1.82, 2.24) is 4.90 Å². The maximum atomic E-state index is 5.86. The van der Waals surface area contributed by atoms with Crippen molar-refractivity contribution < 1.29 is 4.74 Å². The van der Waals surface area contributed by atoms with E-state index in [1.54, 1.807) is 7.11 Å². The van der Waals surface area contributed by atoms with Crippen LogP contribution in [0.3, 0.4) is 0 Å². The van der Waals surface area contributed by atoms with Gasteiger partial charge in [-0.05, 0) is 12.8 Å². The zero-order valence-corrected chi connectivity index (χ0v) is 9.54. The minimum Gasteiger partial charge on any atom is -0.383 e. The van der Waals surface area contributed by atoms with Crippen LogP contribution in [0.2, 0.25) is 0 Å². The van der Waals surface area contributed by atoms with Gasteiger partial charge in [0.1, 0.15) is 0 Å². The third-order valence-electron chi connectivity index (χ3n) is 2.34. The summed E-state index contributed by atoms with van der Waals surface area (Å²) in [5.74, 6) is 0. The Morgan fingerprint density at radius 2 is 2.21 bits per heavy atom. The van der Waals surface area contributed by atoms with E-state index >= 15 is 0 Å². The van der Waals surface area contributed by atoms with Crippen LogP contribution in [-0.4, -0.2) is 44.3 Å². The van der Waals surface area contributed by atoms with Crippen molar-refractivity contribution in [1.29, 1.82) is 0 Å². The molecule has 0 saturated carbocycles. The van der Waals surface area contributed by atoms with Crippen molar-refractivity contribution in [2.45, 2.75) is 25.8 Å². The van der Waals surface area contributed by atoms with Gasteiger partial charge in [-0.1, -0.05) is 13.0 Å². The van der Waals surface area contributed by atoms with E-state index in [1.807, 2.05) is 6.08 Å². The Labute approximate surface area is 87.9 Å². The normalized spacial score (nSPS) is 13.1. The lowest BCUT2D eigenvalue weighted by atomic mass is 10.1. The molecule has 0 bridgehead atoms. The fraction of sp³-hybridized carbons (Fsp3) is 0.818. The van der Waals surface area contributed by atoms with Crippen LogP contribution in [-0.2, 0) is 4.74 Å². The Hall–Kier alpha value is -0.380. The number of hydrogen-bond donors (Lipinski definition) is 1. The van der Waals surface area contributed by atoms with Gasteiger partial charge in [-0.3, -0.25) is 4.90 Å². The zero-order valence-electron chi connectivity index (χ0n) is 9.54. The molecule has 0 aliphatic rings. The summed E-state index contributed by atoms with van der Waals surface area (Å²) < 4.78 is 5.04. The largest absolute Gasteiger partial charge is 0.383 e. The molecule has 0 radical (unpaired) electrons. The molecule has 14 heavy (non-hydrogen) atoms. The minimum absolute atomic E-state index is 0.324. The molecule has 1 atom stereocenters. The summed E-state index contributed by atoms with van der Waals surface area (Å²) >= 11 is 0. The highest BCUT2D eigenvalue weighted by molar-refractivity contribution is 4.74. The first-order valence-electron chi connectivity index (χ1n) is 5.32. The van der Waals surface area contributed by atoms with Crippen LogP contribution in [0.5, 0.6) is 0 Å². The van der Waals surface area contributed by atoms with Gasteiger partial charge in [0, 0.05) is 32.8 Å². The van der Waals surface area contributed by atoms with Crippen LogP contribution in [0, 0.1) is 0 Å². The molecule has 0 aromatic heterocycles. The molecule has 1 unspecified atom stereocenters. The number of rotatable bonds is 9. The van der Waals surface area contributed by atoms with Crippen molar-refractivity contribution in [3.63, 3.8) is 0 Å². The molecule has 0 aliphatic carbocycles. The fourth-order valence-electron chi connectivity index (χ4n) is 1.25. The molecule has 0 saturated heterocycles. The Balaban J connectivity index is 3.65. The highest BCUT2D eigenvalue weighted by atomic mass is 16.5. The van der Waals surface area contributed by atoms with E-state index in [-0.39, 0.29) is 0 Å². The van der Waals surface area contributed by atoms with Crippen molar-refractivity contribution in [2.75, 3.05) is 33.4 Å². The molecular formula is C11H24N2O. The van der Waals surface area contributed by atoms with Crippen LogP contribution >= 0.6 is 0 Å². The van der Waals surface area contributed by atoms with Crippen LogP contribution in [0.1, 0.15) is 19.8 Å². The molecule has 3 heteroatoms. The smallest absolute Gasteiger partial charge is 0.0589 e. The molecule has 0 heterocycles. The number of hydrogen-bond acceptors (Lipinski definition) is 3. The molecule has 0 aromatic carbocycles.